The first-order valence-electron chi connectivity index (χ1n) is 32.8. The largest absolute Gasteiger partial charge is 0.389 e. The second-order valence-electron chi connectivity index (χ2n) is 24.4. The Kier molecular flexibility index (Phi) is 55.5. The van der Waals surface area contributed by atoms with Crippen molar-refractivity contribution in [3.8, 4) is 0 Å². The Morgan fingerprint density at radius 3 is 0.887 bits per heavy atom. The average Bonchev–Trinajstić information content (AvgIpc) is 3.88. The van der Waals surface area contributed by atoms with Crippen molar-refractivity contribution in [2.75, 3.05) is 0 Å². The van der Waals surface area contributed by atoms with Gasteiger partial charge in [0, 0.05) is 22.4 Å². The van der Waals surface area contributed by atoms with Crippen LogP contribution in [0.25, 0.3) is 0 Å². The van der Waals surface area contributed by atoms with E-state index >= 15 is 0 Å². The van der Waals surface area contributed by atoms with E-state index in [9.17, 15) is 26.3 Å². The quantitative estimate of drug-likeness (QED) is 0.233. The number of unbranched alkanes of at least 4 members (excludes halogenated alkanes) is 1. The lowest BCUT2D eigenvalue weighted by Gasteiger charge is -2.36. The summed E-state index contributed by atoms with van der Waals surface area (Å²) in [6.07, 6.45) is 17.0. The summed E-state index contributed by atoms with van der Waals surface area (Å²) in [5.41, 5.74) is 1.12. The minimum absolute atomic E-state index is 0.0556. The van der Waals surface area contributed by atoms with Crippen molar-refractivity contribution in [1.29, 1.82) is 0 Å². The topological polar surface area (TPSA) is 0 Å². The molecule has 0 aromatic carbocycles. The van der Waals surface area contributed by atoms with Crippen molar-refractivity contribution >= 4 is 0 Å². The maximum Gasteiger partial charge on any atom is 0.389 e. The van der Waals surface area contributed by atoms with Crippen molar-refractivity contribution in [1.82, 2.24) is 0 Å². The van der Waals surface area contributed by atoms with Gasteiger partial charge in [0.15, 0.2) is 0 Å². The van der Waals surface area contributed by atoms with Crippen LogP contribution in [0.1, 0.15) is 363 Å². The zero-order valence-corrected chi connectivity index (χ0v) is 53.5. The fraction of sp³-hybridized carbons (Fsp3) is 1.00. The third-order valence-electron chi connectivity index (χ3n) is 11.5. The van der Waals surface area contributed by atoms with E-state index in [0.29, 0.717) is 18.3 Å². The zero-order valence-electron chi connectivity index (χ0n) is 60.5. The third kappa shape index (κ3) is 103. The third-order valence-corrected chi connectivity index (χ3v) is 11.5. The van der Waals surface area contributed by atoms with Crippen LogP contribution in [0.5, 0.6) is 0 Å². The Labute approximate surface area is 458 Å². The summed E-state index contributed by atoms with van der Waals surface area (Å²) in [4.78, 5) is 0. The van der Waals surface area contributed by atoms with Gasteiger partial charge in [0.2, 0.25) is 0 Å². The molecule has 2 atom stereocenters. The van der Waals surface area contributed by atoms with E-state index in [4.69, 9.17) is 9.60 Å². The normalized spacial score (nSPS) is 20.2. The highest BCUT2D eigenvalue weighted by Gasteiger charge is 2.36. The van der Waals surface area contributed by atoms with Crippen LogP contribution in [0.2, 0.25) is 0 Å². The second-order valence-corrected chi connectivity index (χ2v) is 24.4. The van der Waals surface area contributed by atoms with E-state index in [2.05, 4.69) is 62.3 Å². The molecule has 71 heavy (non-hydrogen) atoms. The van der Waals surface area contributed by atoms with Crippen molar-refractivity contribution in [2.45, 2.75) is 366 Å². The van der Waals surface area contributed by atoms with Gasteiger partial charge in [0.25, 0.3) is 0 Å². The van der Waals surface area contributed by atoms with Crippen molar-refractivity contribution in [3.05, 3.63) is 0 Å². The van der Waals surface area contributed by atoms with Gasteiger partial charge in [-0.1, -0.05) is 315 Å². The van der Waals surface area contributed by atoms with Crippen LogP contribution in [0.4, 0.5) is 26.3 Å². The summed E-state index contributed by atoms with van der Waals surface area (Å²) in [6, 6.07) is 0. The van der Waals surface area contributed by atoms with Crippen molar-refractivity contribution in [3.63, 3.8) is 0 Å². The van der Waals surface area contributed by atoms with E-state index < -0.39 is 37.9 Å². The highest BCUT2D eigenvalue weighted by Crippen LogP contribution is 2.50. The first-order valence-corrected chi connectivity index (χ1v) is 29.3. The highest BCUT2D eigenvalue weighted by molar-refractivity contribution is 4.88. The molecule has 0 heterocycles. The Morgan fingerprint density at radius 1 is 0.507 bits per heavy atom. The van der Waals surface area contributed by atoms with Crippen molar-refractivity contribution < 1.29 is 35.9 Å². The molecule has 442 valence electrons. The van der Waals surface area contributed by atoms with Gasteiger partial charge in [-0.25, -0.2) is 0 Å². The standard InChI is InChI=1S/C11H20.C7H14.2C6H11F3.C6H12.C6H14.2C5H12.2C4H10.C3H8.C2H6/c1-10-4-8-11(9-5-10)6-2-3-7-11;1-7-5-3-2-4-6-7;2*1-3-5(2)4-6(7,8)9;1-6-4-2-3-5-6;1-5-6(2,3)4;1-5(2,3)4;1-4-5(2)3;1-4(2)3;1-3-4-2;1-3-2;1-2/h10H,2-9H2,1H3;7H,2-6H2,1H3;2*5H,3-4H2,1-2H3;6H,2-5H2,1H3;5H2,1-4H3;1-4H3;5H,4H2,1-3H3;4H,1-3H3;3-4H2,1-2H3;3H2,1-2H3;1-2H3/i;7D;;;6D;5D2;;4D2;4D;;;. The molecule has 4 rings (SSSR count). The summed E-state index contributed by atoms with van der Waals surface area (Å²) < 4.78 is 120. The Morgan fingerprint density at radius 2 is 0.746 bits per heavy atom. The first kappa shape index (κ1) is 70.6. The summed E-state index contributed by atoms with van der Waals surface area (Å²) in [5.74, 6) is 0.321. The lowest BCUT2D eigenvalue weighted by Crippen LogP contribution is -2.23. The molecule has 0 aromatic heterocycles. The smallest absolute Gasteiger partial charge is 0.171 e. The minimum atomic E-state index is -3.98. The van der Waals surface area contributed by atoms with Gasteiger partial charge in [0.1, 0.15) is 0 Å². The molecule has 0 nitrogen and oxygen atoms in total. The molecule has 0 saturated heterocycles. The number of halogens is 6. The van der Waals surface area contributed by atoms with Crippen LogP contribution in [-0.4, -0.2) is 12.4 Å². The summed E-state index contributed by atoms with van der Waals surface area (Å²) in [7, 11) is 0. The minimum Gasteiger partial charge on any atom is -0.171 e. The van der Waals surface area contributed by atoms with E-state index in [1.807, 2.05) is 83.1 Å². The van der Waals surface area contributed by atoms with Crippen LogP contribution < -0.4 is 0 Å². The van der Waals surface area contributed by atoms with Gasteiger partial charge < -0.3 is 0 Å². The number of rotatable bonds is 6. The molecule has 6 heteroatoms. The van der Waals surface area contributed by atoms with Crippen molar-refractivity contribution in [2.24, 2.45) is 57.6 Å². The monoisotopic (exact) mass is 1040 g/mol. The molecule has 4 fully saturated rings. The van der Waals surface area contributed by atoms with Crippen LogP contribution in [0.15, 0.2) is 0 Å². The molecule has 0 bridgehead atoms. The van der Waals surface area contributed by atoms with E-state index in [-0.39, 0.29) is 40.9 Å². The predicted octanol–water partition coefficient (Wildman–Crippen LogP) is 27.0. The van der Waals surface area contributed by atoms with Gasteiger partial charge in [-0.2, -0.15) is 26.3 Å². The van der Waals surface area contributed by atoms with E-state index in [1.54, 1.807) is 67.2 Å². The van der Waals surface area contributed by atoms with Crippen LogP contribution in [-0.2, 0) is 0 Å². The summed E-state index contributed by atoms with van der Waals surface area (Å²) in [5, 5.41) is 0. The van der Waals surface area contributed by atoms with Gasteiger partial charge >= 0.3 is 12.4 Å². The molecule has 0 aliphatic heterocycles. The van der Waals surface area contributed by atoms with Crippen LogP contribution >= 0.6 is 0 Å². The highest BCUT2D eigenvalue weighted by atomic mass is 19.4. The maximum absolute atomic E-state index is 11.5. The Bertz CT molecular complexity index is 1150. The maximum atomic E-state index is 11.5. The summed E-state index contributed by atoms with van der Waals surface area (Å²) in [6.45, 7) is 52.8. The fourth-order valence-electron chi connectivity index (χ4n) is 6.21. The zero-order chi connectivity index (χ0) is 64.3. The van der Waals surface area contributed by atoms with Gasteiger partial charge in [-0.05, 0) is 83.3 Å². The molecule has 0 radical (unpaired) electrons. The van der Waals surface area contributed by atoms with Crippen LogP contribution in [0.3, 0.4) is 0 Å². The Hall–Kier alpha value is -0.420. The molecule has 1 spiro atoms. The molecular weight excluding hydrogens is 895 g/mol. The van der Waals surface area contributed by atoms with Gasteiger partial charge in [-0.3, -0.25) is 0 Å². The lowest BCUT2D eigenvalue weighted by atomic mass is 9.70. The molecule has 4 aliphatic rings. The molecule has 4 aliphatic carbocycles. The van der Waals surface area contributed by atoms with Crippen LogP contribution in [0, 0.1) is 57.6 Å². The molecule has 0 aromatic rings. The molecule has 4 saturated carbocycles. The Balaban J connectivity index is -0.000000116. The van der Waals surface area contributed by atoms with E-state index in [1.165, 1.54) is 77.0 Å². The number of hydrogen-bond donors (Lipinski definition) is 0. The summed E-state index contributed by atoms with van der Waals surface area (Å²) >= 11 is 0. The number of hydrogen-bond acceptors (Lipinski definition) is 0. The molecule has 2 unspecified atom stereocenters. The SMILES string of the molecule is CC.CC(C)(C)C.CC1CCC2(CCCC2)CC1.CCC.CCC(C)CC(F)(F)F.CCC(C)CC(F)(F)F.CCCC.[2H]C(C)(C)C.[2H]C([2H])(C)C(C)(C)C.[2H]C([2H])(C)C(C)C.[2H]C1(C)CCCC1.[2H]C1(C)CCCCC1. The fourth-order valence-corrected chi connectivity index (χ4v) is 6.21. The lowest BCUT2D eigenvalue weighted by molar-refractivity contribution is -0.144. The molecule has 0 amide bonds. The predicted molar refractivity (Wildman–Crippen MR) is 317 cm³/mol. The van der Waals surface area contributed by atoms with Gasteiger partial charge in [-0.15, -0.1) is 0 Å². The average molecular weight is 1040 g/mol. The second kappa shape index (κ2) is 55.8. The van der Waals surface area contributed by atoms with E-state index in [0.717, 1.165) is 37.0 Å². The number of alkyl halides is 6. The van der Waals surface area contributed by atoms with Gasteiger partial charge in [0.05, 0.1) is 0 Å². The molecule has 0 N–H and O–H groups in total. The first-order chi connectivity index (χ1) is 34.7. The molecular formula is C65H140F6.